The first-order valence-electron chi connectivity index (χ1n) is 22.0. The van der Waals surface area contributed by atoms with Crippen LogP contribution in [0.15, 0.2) is 4.99 Å². The lowest BCUT2D eigenvalue weighted by Gasteiger charge is -2.26. The molecule has 8 heteroatoms. The van der Waals surface area contributed by atoms with Crippen molar-refractivity contribution in [2.24, 2.45) is 10.4 Å². The van der Waals surface area contributed by atoms with Crippen molar-refractivity contribution in [3.63, 3.8) is 0 Å². The van der Waals surface area contributed by atoms with Crippen molar-refractivity contribution in [1.82, 2.24) is 5.32 Å². The average molecular weight is 742 g/mol. The maximum absolute atomic E-state index is 12.4. The van der Waals surface area contributed by atoms with E-state index in [1.807, 2.05) is 0 Å². The predicted molar refractivity (Wildman–Crippen MR) is 218 cm³/mol. The van der Waals surface area contributed by atoms with Gasteiger partial charge in [-0.2, -0.15) is 0 Å². The summed E-state index contributed by atoms with van der Waals surface area (Å²) in [6.07, 6.45) is 45.8. The van der Waals surface area contributed by atoms with Gasteiger partial charge in [-0.25, -0.2) is 8.42 Å². The lowest BCUT2D eigenvalue weighted by atomic mass is 9.78. The van der Waals surface area contributed by atoms with Gasteiger partial charge in [-0.05, 0) is 32.1 Å². The molecule has 0 aromatic rings. The number of unbranched alkanes of at least 4 members (excludes halogenated alkanes) is 28. The molecule has 1 aliphatic heterocycles. The van der Waals surface area contributed by atoms with Crippen molar-refractivity contribution in [2.75, 3.05) is 20.2 Å². The molecule has 0 radical (unpaired) electrons. The molecule has 7 nitrogen and oxygen atoms in total. The van der Waals surface area contributed by atoms with Crippen LogP contribution in [0.2, 0.25) is 0 Å². The molecule has 1 rings (SSSR count). The van der Waals surface area contributed by atoms with E-state index in [0.29, 0.717) is 6.42 Å². The van der Waals surface area contributed by atoms with Crippen molar-refractivity contribution in [3.05, 3.63) is 0 Å². The van der Waals surface area contributed by atoms with E-state index in [-0.39, 0.29) is 11.3 Å². The molecule has 51 heavy (non-hydrogen) atoms. The normalized spacial score (nSPS) is 15.8. The van der Waals surface area contributed by atoms with Crippen molar-refractivity contribution in [1.29, 1.82) is 0 Å². The third kappa shape index (κ3) is 34.5. The summed E-state index contributed by atoms with van der Waals surface area (Å²) in [5.74, 6) is 0.257. The second-order valence-electron chi connectivity index (χ2n) is 15.7. The number of aliphatic imine (C=N–C) groups is 1. The van der Waals surface area contributed by atoms with Crippen LogP contribution in [0.25, 0.3) is 0 Å². The molecule has 0 saturated heterocycles. The number of rotatable bonds is 36. The number of hydrogen-bond donors (Lipinski definition) is 1. The molecular formula is C43H85N2O5S-. The summed E-state index contributed by atoms with van der Waals surface area (Å²) >= 11 is 0. The summed E-state index contributed by atoms with van der Waals surface area (Å²) < 4.78 is 31.0. The molecular weight excluding hydrogens is 657 g/mol. The molecule has 0 aromatic heterocycles. The number of carbonyl (C=O) groups is 1. The second kappa shape index (κ2) is 36.0. The van der Waals surface area contributed by atoms with E-state index in [1.54, 1.807) is 0 Å². The fourth-order valence-corrected chi connectivity index (χ4v) is 7.31. The lowest BCUT2D eigenvalue weighted by Crippen LogP contribution is -2.32. The molecule has 1 aliphatic rings. The topological polar surface area (TPSA) is 108 Å². The molecule has 1 unspecified atom stereocenters. The van der Waals surface area contributed by atoms with Crippen molar-refractivity contribution >= 4 is 22.0 Å². The molecule has 0 saturated carbocycles. The first-order valence-corrected chi connectivity index (χ1v) is 23.3. The van der Waals surface area contributed by atoms with Gasteiger partial charge in [0.2, 0.25) is 16.3 Å². The van der Waals surface area contributed by atoms with Crippen LogP contribution in [-0.4, -0.2) is 44.8 Å². The Labute approximate surface area is 318 Å². The standard InChI is InChI=1S/C42H82N2O.CH4O4S/c1-4-6-8-10-12-14-16-18-20-22-24-26-28-30-32-34-40-42(3,36-38-43-40)37-39-44-41(45)35-33-31-29-27-25-23-21-19-17-15-13-11-9-7-5-2;1-5-6(2,3)4/h4-39H2,1-3H3,(H,44,45);1H3,(H,2,3,4)/p-1. The quantitative estimate of drug-likeness (QED) is 0.0391. The number of amides is 1. The summed E-state index contributed by atoms with van der Waals surface area (Å²) in [6, 6.07) is 0. The maximum Gasteiger partial charge on any atom is 0.219 e. The molecule has 1 heterocycles. The Morgan fingerprint density at radius 2 is 0.980 bits per heavy atom. The summed E-state index contributed by atoms with van der Waals surface area (Å²) in [4.78, 5) is 17.3. The monoisotopic (exact) mass is 742 g/mol. The molecule has 0 aromatic carbocycles. The highest BCUT2D eigenvalue weighted by atomic mass is 32.3. The summed E-state index contributed by atoms with van der Waals surface area (Å²) in [5, 5.41) is 3.23. The molecule has 304 valence electrons. The SMILES string of the molecule is CCCCCCCCCCCCCCCCCC(=O)NCCC1(C)CCN=C1CCCCCCCCCCCCCCCCC.COS(=O)(=O)[O-]. The van der Waals surface area contributed by atoms with Crippen LogP contribution >= 0.6 is 0 Å². The smallest absolute Gasteiger partial charge is 0.219 e. The Bertz CT molecular complexity index is 910. The number of hydrogen-bond acceptors (Lipinski definition) is 6. The van der Waals surface area contributed by atoms with Gasteiger partial charge in [-0.1, -0.05) is 201 Å². The van der Waals surface area contributed by atoms with Gasteiger partial charge in [0.05, 0.1) is 7.11 Å². The van der Waals surface area contributed by atoms with E-state index in [4.69, 9.17) is 4.99 Å². The molecule has 0 aliphatic carbocycles. The number of carbonyl (C=O) groups excluding carboxylic acids is 1. The van der Waals surface area contributed by atoms with Gasteiger partial charge in [-0.3, -0.25) is 14.0 Å². The van der Waals surface area contributed by atoms with E-state index in [9.17, 15) is 17.8 Å². The Hall–Kier alpha value is -0.990. The van der Waals surface area contributed by atoms with Crippen LogP contribution in [-0.2, 0) is 19.4 Å². The van der Waals surface area contributed by atoms with Crippen LogP contribution in [0.1, 0.15) is 239 Å². The highest BCUT2D eigenvalue weighted by Gasteiger charge is 2.33. The van der Waals surface area contributed by atoms with E-state index >= 15 is 0 Å². The summed E-state index contributed by atoms with van der Waals surface area (Å²) in [7, 11) is -3.60. The van der Waals surface area contributed by atoms with Crippen molar-refractivity contribution in [3.8, 4) is 0 Å². The molecule has 0 spiro atoms. The van der Waals surface area contributed by atoms with Crippen LogP contribution in [0, 0.1) is 5.41 Å². The van der Waals surface area contributed by atoms with Gasteiger partial charge in [0.1, 0.15) is 0 Å². The first kappa shape index (κ1) is 50.0. The zero-order valence-electron chi connectivity index (χ0n) is 34.4. The minimum absolute atomic E-state index is 0.206. The second-order valence-corrected chi connectivity index (χ2v) is 16.9. The zero-order chi connectivity index (χ0) is 37.7. The predicted octanol–water partition coefficient (Wildman–Crippen LogP) is 13.0. The van der Waals surface area contributed by atoms with E-state index < -0.39 is 10.4 Å². The van der Waals surface area contributed by atoms with Gasteiger partial charge in [0.25, 0.3) is 0 Å². The zero-order valence-corrected chi connectivity index (χ0v) is 35.2. The minimum atomic E-state index is -4.41. The molecule has 1 atom stereocenters. The van der Waals surface area contributed by atoms with Gasteiger partial charge < -0.3 is 9.87 Å². The third-order valence-electron chi connectivity index (χ3n) is 10.9. The number of nitrogens with one attached hydrogen (secondary N) is 1. The van der Waals surface area contributed by atoms with E-state index in [0.717, 1.165) is 39.5 Å². The van der Waals surface area contributed by atoms with Crippen LogP contribution in [0.3, 0.4) is 0 Å². The Morgan fingerprint density at radius 3 is 1.33 bits per heavy atom. The third-order valence-corrected chi connectivity index (χ3v) is 11.3. The van der Waals surface area contributed by atoms with E-state index in [2.05, 4.69) is 30.3 Å². The van der Waals surface area contributed by atoms with Crippen LogP contribution < -0.4 is 5.32 Å². The fraction of sp³-hybridized carbons (Fsp3) is 0.953. The van der Waals surface area contributed by atoms with Crippen LogP contribution in [0.4, 0.5) is 0 Å². The first-order chi connectivity index (χ1) is 24.7. The largest absolute Gasteiger partial charge is 0.726 e. The molecule has 1 amide bonds. The minimum Gasteiger partial charge on any atom is -0.726 e. The molecule has 0 fully saturated rings. The maximum atomic E-state index is 12.4. The lowest BCUT2D eigenvalue weighted by molar-refractivity contribution is -0.121. The average Bonchev–Trinajstić information content (AvgIpc) is 3.47. The highest BCUT2D eigenvalue weighted by molar-refractivity contribution is 7.80. The van der Waals surface area contributed by atoms with Crippen molar-refractivity contribution < 1.29 is 21.9 Å². The summed E-state index contributed by atoms with van der Waals surface area (Å²) in [5.41, 5.74) is 1.65. The Kier molecular flexibility index (Phi) is 35.3. The summed E-state index contributed by atoms with van der Waals surface area (Å²) in [6.45, 7) is 8.78. The van der Waals surface area contributed by atoms with Crippen LogP contribution in [0.5, 0.6) is 0 Å². The van der Waals surface area contributed by atoms with Gasteiger partial charge in [0, 0.05) is 30.6 Å². The molecule has 0 bridgehead atoms. The fourth-order valence-electron chi connectivity index (χ4n) is 7.31. The highest BCUT2D eigenvalue weighted by Crippen LogP contribution is 2.35. The van der Waals surface area contributed by atoms with Gasteiger partial charge >= 0.3 is 0 Å². The molecule has 1 N–H and O–H groups in total. The Balaban J connectivity index is 0.00000381. The number of nitrogens with zero attached hydrogens (tertiary/aromatic N) is 1. The van der Waals surface area contributed by atoms with Gasteiger partial charge in [-0.15, -0.1) is 0 Å². The van der Waals surface area contributed by atoms with Gasteiger partial charge in [0.15, 0.2) is 0 Å². The van der Waals surface area contributed by atoms with Crippen molar-refractivity contribution in [2.45, 2.75) is 239 Å². The Morgan fingerprint density at radius 1 is 0.647 bits per heavy atom. The van der Waals surface area contributed by atoms with E-state index in [1.165, 1.54) is 198 Å².